The van der Waals surface area contributed by atoms with Gasteiger partial charge in [0.15, 0.2) is 0 Å². The molecule has 1 aromatic carbocycles. The molecule has 1 amide bonds. The van der Waals surface area contributed by atoms with Crippen molar-refractivity contribution >= 4 is 16.7 Å². The van der Waals surface area contributed by atoms with Crippen molar-refractivity contribution in [3.05, 3.63) is 42.2 Å². The van der Waals surface area contributed by atoms with Gasteiger partial charge in [0.1, 0.15) is 0 Å². The number of hydrogen-bond donors (Lipinski definition) is 1. The molecule has 2 aromatic rings. The molecule has 2 heterocycles. The van der Waals surface area contributed by atoms with Gasteiger partial charge in [0.2, 0.25) is 0 Å². The number of benzene rings is 1. The maximum atomic E-state index is 12.6. The molecule has 4 heteroatoms. The Labute approximate surface area is 112 Å². The first-order valence-electron chi connectivity index (χ1n) is 6.69. The fourth-order valence-electron chi connectivity index (χ4n) is 2.53. The lowest BCUT2D eigenvalue weighted by molar-refractivity contribution is 0.0768. The van der Waals surface area contributed by atoms with Crippen LogP contribution >= 0.6 is 0 Å². The first-order chi connectivity index (χ1) is 9.36. The summed E-state index contributed by atoms with van der Waals surface area (Å²) in [6.07, 6.45) is 4.55. The van der Waals surface area contributed by atoms with Crippen LogP contribution in [0.2, 0.25) is 0 Å². The summed E-state index contributed by atoms with van der Waals surface area (Å²) in [5.74, 6) is 0.125. The molecule has 1 saturated heterocycles. The highest BCUT2D eigenvalue weighted by atomic mass is 16.2. The molecule has 1 aliphatic rings. The molecule has 19 heavy (non-hydrogen) atoms. The van der Waals surface area contributed by atoms with Gasteiger partial charge in [-0.2, -0.15) is 0 Å². The molecule has 3 rings (SSSR count). The Balaban J connectivity index is 1.96. The van der Waals surface area contributed by atoms with E-state index in [-0.39, 0.29) is 5.91 Å². The van der Waals surface area contributed by atoms with E-state index in [0.717, 1.165) is 48.9 Å². The molecule has 0 radical (unpaired) electrons. The zero-order chi connectivity index (χ0) is 13.1. The lowest BCUT2D eigenvalue weighted by Gasteiger charge is -2.20. The van der Waals surface area contributed by atoms with Gasteiger partial charge in [0.25, 0.3) is 5.91 Å². The molecule has 4 nitrogen and oxygen atoms in total. The van der Waals surface area contributed by atoms with Crippen LogP contribution in [0.4, 0.5) is 0 Å². The number of amides is 1. The van der Waals surface area contributed by atoms with E-state index in [0.29, 0.717) is 0 Å². The van der Waals surface area contributed by atoms with Crippen molar-refractivity contribution in [2.45, 2.75) is 6.42 Å². The average Bonchev–Trinajstić information content (AvgIpc) is 2.75. The summed E-state index contributed by atoms with van der Waals surface area (Å²) in [6.45, 7) is 3.47. The summed E-state index contributed by atoms with van der Waals surface area (Å²) in [5, 5.41) is 5.32. The van der Waals surface area contributed by atoms with Crippen molar-refractivity contribution < 1.29 is 4.79 Å². The number of carbonyl (C=O) groups excluding carboxylic acids is 1. The van der Waals surface area contributed by atoms with Crippen molar-refractivity contribution in [3.63, 3.8) is 0 Å². The first-order valence-corrected chi connectivity index (χ1v) is 6.69. The molecule has 1 fully saturated rings. The average molecular weight is 255 g/mol. The summed E-state index contributed by atoms with van der Waals surface area (Å²) in [5.41, 5.74) is 0.779. The standard InChI is InChI=1S/C15H17N3O/c19-15(18-9-2-6-16-8-10-18)14-4-1-3-12-11-17-7-5-13(12)14/h1,3-5,7,11,16H,2,6,8-10H2. The molecule has 0 spiro atoms. The fourth-order valence-corrected chi connectivity index (χ4v) is 2.53. The van der Waals surface area contributed by atoms with Gasteiger partial charge in [-0.05, 0) is 30.5 Å². The summed E-state index contributed by atoms with van der Waals surface area (Å²) in [7, 11) is 0. The molecular weight excluding hydrogens is 238 g/mol. The molecule has 0 bridgehead atoms. The Kier molecular flexibility index (Phi) is 3.42. The first kappa shape index (κ1) is 12.1. The number of nitrogens with one attached hydrogen (secondary N) is 1. The second-order valence-corrected chi connectivity index (χ2v) is 4.80. The number of nitrogens with zero attached hydrogens (tertiary/aromatic N) is 2. The van der Waals surface area contributed by atoms with Crippen LogP contribution in [0.3, 0.4) is 0 Å². The Morgan fingerprint density at radius 1 is 1.21 bits per heavy atom. The molecule has 1 aliphatic heterocycles. The monoisotopic (exact) mass is 255 g/mol. The lowest BCUT2D eigenvalue weighted by Crippen LogP contribution is -2.34. The zero-order valence-electron chi connectivity index (χ0n) is 10.8. The van der Waals surface area contributed by atoms with Crippen LogP contribution in [0.1, 0.15) is 16.8 Å². The maximum Gasteiger partial charge on any atom is 0.254 e. The minimum absolute atomic E-state index is 0.125. The van der Waals surface area contributed by atoms with Crippen molar-refractivity contribution in [2.24, 2.45) is 0 Å². The maximum absolute atomic E-state index is 12.6. The van der Waals surface area contributed by atoms with Gasteiger partial charge in [0, 0.05) is 43.0 Å². The predicted molar refractivity (Wildman–Crippen MR) is 75.1 cm³/mol. The highest BCUT2D eigenvalue weighted by Crippen LogP contribution is 2.19. The Bertz CT molecular complexity index is 583. The number of fused-ring (bicyclic) bond motifs is 1. The highest BCUT2D eigenvalue weighted by Gasteiger charge is 2.18. The van der Waals surface area contributed by atoms with Crippen LogP contribution in [0.15, 0.2) is 36.7 Å². The topological polar surface area (TPSA) is 45.2 Å². The second-order valence-electron chi connectivity index (χ2n) is 4.80. The van der Waals surface area contributed by atoms with E-state index in [1.54, 1.807) is 12.4 Å². The van der Waals surface area contributed by atoms with Crippen molar-refractivity contribution in [1.29, 1.82) is 0 Å². The second kappa shape index (κ2) is 5.36. The molecule has 1 N–H and O–H groups in total. The van der Waals surface area contributed by atoms with E-state index in [2.05, 4.69) is 10.3 Å². The number of aromatic nitrogens is 1. The number of hydrogen-bond acceptors (Lipinski definition) is 3. The van der Waals surface area contributed by atoms with Crippen molar-refractivity contribution in [1.82, 2.24) is 15.2 Å². The van der Waals surface area contributed by atoms with Crippen LogP contribution in [0.5, 0.6) is 0 Å². The third-order valence-electron chi connectivity index (χ3n) is 3.54. The number of rotatable bonds is 1. The van der Waals surface area contributed by atoms with E-state index in [4.69, 9.17) is 0 Å². The Morgan fingerprint density at radius 2 is 2.16 bits per heavy atom. The smallest absolute Gasteiger partial charge is 0.254 e. The lowest BCUT2D eigenvalue weighted by atomic mass is 10.1. The van der Waals surface area contributed by atoms with Gasteiger partial charge in [-0.3, -0.25) is 9.78 Å². The Hall–Kier alpha value is -1.94. The van der Waals surface area contributed by atoms with Crippen LogP contribution in [-0.2, 0) is 0 Å². The molecule has 98 valence electrons. The van der Waals surface area contributed by atoms with Crippen LogP contribution in [0, 0.1) is 0 Å². The predicted octanol–water partition coefficient (Wildman–Crippen LogP) is 1.67. The Morgan fingerprint density at radius 3 is 3.11 bits per heavy atom. The van der Waals surface area contributed by atoms with Gasteiger partial charge in [-0.25, -0.2) is 0 Å². The zero-order valence-corrected chi connectivity index (χ0v) is 10.8. The molecule has 0 unspecified atom stereocenters. The number of pyridine rings is 1. The summed E-state index contributed by atoms with van der Waals surface area (Å²) in [6, 6.07) is 7.73. The van der Waals surface area contributed by atoms with Crippen LogP contribution in [0.25, 0.3) is 10.8 Å². The third-order valence-corrected chi connectivity index (χ3v) is 3.54. The largest absolute Gasteiger partial charge is 0.337 e. The highest BCUT2D eigenvalue weighted by molar-refractivity contribution is 6.06. The normalized spacial score (nSPS) is 16.3. The van der Waals surface area contributed by atoms with Crippen molar-refractivity contribution in [2.75, 3.05) is 26.2 Å². The number of carbonyl (C=O) groups is 1. The summed E-state index contributed by atoms with van der Waals surface area (Å²) < 4.78 is 0. The van der Waals surface area contributed by atoms with Gasteiger partial charge >= 0.3 is 0 Å². The van der Waals surface area contributed by atoms with Gasteiger partial charge in [-0.1, -0.05) is 12.1 Å². The minimum atomic E-state index is 0.125. The van der Waals surface area contributed by atoms with Crippen LogP contribution in [-0.4, -0.2) is 42.0 Å². The summed E-state index contributed by atoms with van der Waals surface area (Å²) >= 11 is 0. The van der Waals surface area contributed by atoms with Crippen molar-refractivity contribution in [3.8, 4) is 0 Å². The SMILES string of the molecule is O=C(c1cccc2cnccc12)N1CCCNCC1. The van der Waals surface area contributed by atoms with E-state index in [9.17, 15) is 4.79 Å². The van der Waals surface area contributed by atoms with Gasteiger partial charge in [-0.15, -0.1) is 0 Å². The fraction of sp³-hybridized carbons (Fsp3) is 0.333. The molecule has 0 atom stereocenters. The van der Waals surface area contributed by atoms with E-state index < -0.39 is 0 Å². The quantitative estimate of drug-likeness (QED) is 0.843. The van der Waals surface area contributed by atoms with E-state index >= 15 is 0 Å². The molecule has 0 aliphatic carbocycles. The molecule has 0 saturated carbocycles. The van der Waals surface area contributed by atoms with Gasteiger partial charge in [0.05, 0.1) is 0 Å². The molecule has 1 aromatic heterocycles. The summed E-state index contributed by atoms with van der Waals surface area (Å²) in [4.78, 5) is 18.7. The minimum Gasteiger partial charge on any atom is -0.337 e. The van der Waals surface area contributed by atoms with E-state index in [1.807, 2.05) is 29.2 Å². The van der Waals surface area contributed by atoms with Crippen LogP contribution < -0.4 is 5.32 Å². The third kappa shape index (κ3) is 2.44. The van der Waals surface area contributed by atoms with E-state index in [1.165, 1.54) is 0 Å². The van der Waals surface area contributed by atoms with Gasteiger partial charge < -0.3 is 10.2 Å². The molecular formula is C15H17N3O.